The minimum Gasteiger partial charge on any atom is -0.330 e. The van der Waals surface area contributed by atoms with E-state index in [4.69, 9.17) is 5.73 Å². The van der Waals surface area contributed by atoms with Gasteiger partial charge in [-0.15, -0.1) is 0 Å². The SMILES string of the molecule is CC(CCN)CS(=O)(=O)CCC(F)(F)F. The first-order valence-corrected chi connectivity index (χ1v) is 6.45. The lowest BCUT2D eigenvalue weighted by Gasteiger charge is -2.11. The highest BCUT2D eigenvalue weighted by Crippen LogP contribution is 2.21. The molecule has 0 saturated carbocycles. The summed E-state index contributed by atoms with van der Waals surface area (Å²) in [6.07, 6.45) is -5.18. The molecule has 0 aliphatic carbocycles. The summed E-state index contributed by atoms with van der Waals surface area (Å²) >= 11 is 0. The maximum absolute atomic E-state index is 11.8. The van der Waals surface area contributed by atoms with Gasteiger partial charge < -0.3 is 5.73 Å². The van der Waals surface area contributed by atoms with Crippen LogP contribution in [0.15, 0.2) is 0 Å². The first kappa shape index (κ1) is 14.7. The van der Waals surface area contributed by atoms with Crippen LogP contribution >= 0.6 is 0 Å². The summed E-state index contributed by atoms with van der Waals surface area (Å²) in [5.74, 6) is -1.24. The predicted molar refractivity (Wildman–Crippen MR) is 52.2 cm³/mol. The van der Waals surface area contributed by atoms with Gasteiger partial charge in [-0.3, -0.25) is 0 Å². The molecular formula is C8H16F3NO2S. The van der Waals surface area contributed by atoms with Crippen LogP contribution in [-0.4, -0.2) is 32.6 Å². The van der Waals surface area contributed by atoms with Crippen LogP contribution in [0.25, 0.3) is 0 Å². The van der Waals surface area contributed by atoms with E-state index in [1.807, 2.05) is 0 Å². The third kappa shape index (κ3) is 8.68. The molecule has 7 heteroatoms. The minimum atomic E-state index is -4.41. The Balaban J connectivity index is 4.09. The van der Waals surface area contributed by atoms with Crippen LogP contribution in [-0.2, 0) is 9.84 Å². The molecule has 2 N–H and O–H groups in total. The number of halogens is 3. The molecule has 0 heterocycles. The predicted octanol–water partition coefficient (Wildman–Crippen LogP) is 1.34. The van der Waals surface area contributed by atoms with Gasteiger partial charge in [0.2, 0.25) is 0 Å². The van der Waals surface area contributed by atoms with Crippen LogP contribution in [0.2, 0.25) is 0 Å². The third-order valence-electron chi connectivity index (χ3n) is 1.89. The van der Waals surface area contributed by atoms with Gasteiger partial charge in [0.15, 0.2) is 9.84 Å². The zero-order valence-electron chi connectivity index (χ0n) is 8.55. The molecule has 0 aliphatic heterocycles. The topological polar surface area (TPSA) is 60.2 Å². The van der Waals surface area contributed by atoms with Gasteiger partial charge in [-0.05, 0) is 18.9 Å². The average Bonchev–Trinajstić information content (AvgIpc) is 1.99. The maximum atomic E-state index is 11.8. The molecule has 0 fully saturated rings. The van der Waals surface area contributed by atoms with E-state index in [2.05, 4.69) is 0 Å². The Morgan fingerprint density at radius 3 is 2.27 bits per heavy atom. The molecule has 15 heavy (non-hydrogen) atoms. The summed E-state index contributed by atoms with van der Waals surface area (Å²) < 4.78 is 57.8. The van der Waals surface area contributed by atoms with E-state index in [9.17, 15) is 21.6 Å². The quantitative estimate of drug-likeness (QED) is 0.770. The third-order valence-corrected chi connectivity index (χ3v) is 3.80. The number of alkyl halides is 3. The highest BCUT2D eigenvalue weighted by atomic mass is 32.2. The van der Waals surface area contributed by atoms with Gasteiger partial charge in [0, 0.05) is 0 Å². The van der Waals surface area contributed by atoms with Crippen LogP contribution in [0.4, 0.5) is 13.2 Å². The highest BCUT2D eigenvalue weighted by Gasteiger charge is 2.30. The Bertz CT molecular complexity index is 274. The van der Waals surface area contributed by atoms with E-state index in [-0.39, 0.29) is 11.7 Å². The normalized spacial score (nSPS) is 15.3. The van der Waals surface area contributed by atoms with E-state index < -0.39 is 28.2 Å². The fourth-order valence-electron chi connectivity index (χ4n) is 1.16. The van der Waals surface area contributed by atoms with Crippen LogP contribution in [0.5, 0.6) is 0 Å². The largest absolute Gasteiger partial charge is 0.390 e. The number of sulfone groups is 1. The van der Waals surface area contributed by atoms with E-state index in [1.165, 1.54) is 0 Å². The number of nitrogens with two attached hydrogens (primary N) is 1. The van der Waals surface area contributed by atoms with Crippen LogP contribution < -0.4 is 5.73 Å². The lowest BCUT2D eigenvalue weighted by Crippen LogP contribution is -2.22. The van der Waals surface area contributed by atoms with Gasteiger partial charge in [0.25, 0.3) is 0 Å². The van der Waals surface area contributed by atoms with Gasteiger partial charge in [-0.1, -0.05) is 6.92 Å². The van der Waals surface area contributed by atoms with Gasteiger partial charge in [0.05, 0.1) is 17.9 Å². The van der Waals surface area contributed by atoms with Gasteiger partial charge in [-0.2, -0.15) is 13.2 Å². The molecular weight excluding hydrogens is 231 g/mol. The standard InChI is InChI=1S/C8H16F3NO2S/c1-7(2-4-12)6-15(13,14)5-3-8(9,10)11/h7H,2-6,12H2,1H3. The molecule has 0 bridgehead atoms. The second-order valence-corrected chi connectivity index (χ2v) is 5.89. The van der Waals surface area contributed by atoms with Crippen LogP contribution in [0, 0.1) is 5.92 Å². The van der Waals surface area contributed by atoms with Crippen molar-refractivity contribution < 1.29 is 21.6 Å². The highest BCUT2D eigenvalue weighted by molar-refractivity contribution is 7.91. The second kappa shape index (κ2) is 5.69. The summed E-state index contributed by atoms with van der Waals surface area (Å²) in [5, 5.41) is 0. The van der Waals surface area contributed by atoms with Crippen molar-refractivity contribution in [3.05, 3.63) is 0 Å². The molecule has 0 aliphatic rings. The van der Waals surface area contributed by atoms with Crippen molar-refractivity contribution in [3.63, 3.8) is 0 Å². The Hall–Kier alpha value is -0.300. The fraction of sp³-hybridized carbons (Fsp3) is 1.00. The molecule has 1 atom stereocenters. The fourth-order valence-corrected chi connectivity index (χ4v) is 2.90. The van der Waals surface area contributed by atoms with E-state index >= 15 is 0 Å². The summed E-state index contributed by atoms with van der Waals surface area (Å²) in [4.78, 5) is 0. The lowest BCUT2D eigenvalue weighted by atomic mass is 10.1. The maximum Gasteiger partial charge on any atom is 0.390 e. The first-order chi connectivity index (χ1) is 6.66. The average molecular weight is 247 g/mol. The molecule has 1 unspecified atom stereocenters. The summed E-state index contributed by atoms with van der Waals surface area (Å²) in [7, 11) is -3.61. The second-order valence-electron chi connectivity index (χ2n) is 3.66. The molecule has 0 amide bonds. The molecule has 3 nitrogen and oxygen atoms in total. The minimum absolute atomic E-state index is 0.187. The Labute approximate surface area is 87.8 Å². The van der Waals surface area contributed by atoms with Crippen molar-refractivity contribution in [1.29, 1.82) is 0 Å². The molecule has 0 saturated heterocycles. The molecule has 0 aromatic rings. The molecule has 0 spiro atoms. The lowest BCUT2D eigenvalue weighted by molar-refractivity contribution is -0.129. The smallest absolute Gasteiger partial charge is 0.330 e. The van der Waals surface area contributed by atoms with Crippen molar-refractivity contribution in [3.8, 4) is 0 Å². The van der Waals surface area contributed by atoms with Gasteiger partial charge >= 0.3 is 6.18 Å². The van der Waals surface area contributed by atoms with Crippen molar-refractivity contribution in [2.24, 2.45) is 11.7 Å². The monoisotopic (exact) mass is 247 g/mol. The molecule has 92 valence electrons. The summed E-state index contributed by atoms with van der Waals surface area (Å²) in [5.41, 5.74) is 5.22. The number of hydrogen-bond acceptors (Lipinski definition) is 3. The molecule has 0 aromatic heterocycles. The van der Waals surface area contributed by atoms with Crippen molar-refractivity contribution >= 4 is 9.84 Å². The Morgan fingerprint density at radius 1 is 1.33 bits per heavy atom. The van der Waals surface area contributed by atoms with Crippen LogP contribution in [0.3, 0.4) is 0 Å². The van der Waals surface area contributed by atoms with Crippen molar-refractivity contribution in [2.45, 2.75) is 25.9 Å². The number of hydrogen-bond donors (Lipinski definition) is 1. The van der Waals surface area contributed by atoms with E-state index in [0.717, 1.165) is 0 Å². The number of rotatable bonds is 6. The van der Waals surface area contributed by atoms with E-state index in [0.29, 0.717) is 13.0 Å². The Morgan fingerprint density at radius 2 is 1.87 bits per heavy atom. The molecule has 0 aromatic carbocycles. The van der Waals surface area contributed by atoms with Crippen molar-refractivity contribution in [1.82, 2.24) is 0 Å². The summed E-state index contributed by atoms with van der Waals surface area (Å²) in [6.45, 7) is 2.01. The summed E-state index contributed by atoms with van der Waals surface area (Å²) in [6, 6.07) is 0. The van der Waals surface area contributed by atoms with Gasteiger partial charge in [0.1, 0.15) is 0 Å². The van der Waals surface area contributed by atoms with Crippen LogP contribution in [0.1, 0.15) is 19.8 Å². The van der Waals surface area contributed by atoms with Crippen molar-refractivity contribution in [2.75, 3.05) is 18.1 Å². The zero-order valence-corrected chi connectivity index (χ0v) is 9.37. The molecule has 0 radical (unpaired) electrons. The van der Waals surface area contributed by atoms with Gasteiger partial charge in [-0.25, -0.2) is 8.42 Å². The molecule has 0 rings (SSSR count). The zero-order chi connectivity index (χ0) is 12.1. The van der Waals surface area contributed by atoms with E-state index in [1.54, 1.807) is 6.92 Å². The first-order valence-electron chi connectivity index (χ1n) is 4.63. The Kier molecular flexibility index (Phi) is 5.58.